The van der Waals surface area contributed by atoms with E-state index < -0.39 is 0 Å². The third-order valence-corrected chi connectivity index (χ3v) is 4.26. The minimum absolute atomic E-state index is 0.0519. The molecule has 4 heteroatoms. The van der Waals surface area contributed by atoms with Crippen molar-refractivity contribution in [3.63, 3.8) is 0 Å². The summed E-state index contributed by atoms with van der Waals surface area (Å²) in [5.74, 6) is 1.56. The topological polar surface area (TPSA) is 58.7 Å². The first-order chi connectivity index (χ1) is 8.56. The van der Waals surface area contributed by atoms with Gasteiger partial charge in [-0.25, -0.2) is 4.79 Å². The number of amides is 2. The highest BCUT2D eigenvalue weighted by Crippen LogP contribution is 2.39. The Kier molecular flexibility index (Phi) is 2.68. The predicted molar refractivity (Wildman–Crippen MR) is 71.3 cm³/mol. The number of nitrogens with zero attached hydrogens (tertiary/aromatic N) is 2. The maximum atomic E-state index is 11.9. The van der Waals surface area contributed by atoms with E-state index in [9.17, 15) is 4.79 Å². The number of nitrogens with two attached hydrogens (primary N) is 1. The van der Waals surface area contributed by atoms with Crippen molar-refractivity contribution in [2.24, 2.45) is 22.6 Å². The van der Waals surface area contributed by atoms with E-state index in [-0.39, 0.29) is 12.1 Å². The summed E-state index contributed by atoms with van der Waals surface area (Å²) in [6.45, 7) is 4.41. The van der Waals surface area contributed by atoms with Gasteiger partial charge in [0.1, 0.15) is 5.84 Å². The summed E-state index contributed by atoms with van der Waals surface area (Å²) in [6.07, 6.45) is 6.71. The molecule has 2 N–H and O–H groups in total. The highest BCUT2D eigenvalue weighted by atomic mass is 16.2. The fourth-order valence-corrected chi connectivity index (χ4v) is 3.54. The van der Waals surface area contributed by atoms with E-state index in [0.717, 1.165) is 25.7 Å². The molecule has 0 aromatic rings. The van der Waals surface area contributed by atoms with Crippen molar-refractivity contribution in [1.29, 1.82) is 0 Å². The van der Waals surface area contributed by atoms with Gasteiger partial charge in [0, 0.05) is 6.04 Å². The second kappa shape index (κ2) is 4.11. The molecule has 3 unspecified atom stereocenters. The van der Waals surface area contributed by atoms with E-state index in [1.165, 1.54) is 5.57 Å². The molecule has 1 aliphatic heterocycles. The summed E-state index contributed by atoms with van der Waals surface area (Å²) in [6, 6.07) is 0.338. The Hall–Kier alpha value is -1.32. The number of urea groups is 1. The molecule has 0 aromatic carbocycles. The maximum absolute atomic E-state index is 11.9. The Morgan fingerprint density at radius 2 is 2.17 bits per heavy atom. The maximum Gasteiger partial charge on any atom is 0.346 e. The number of amidine groups is 1. The van der Waals surface area contributed by atoms with Crippen molar-refractivity contribution in [2.75, 3.05) is 0 Å². The molecule has 3 atom stereocenters. The van der Waals surface area contributed by atoms with Gasteiger partial charge in [-0.3, -0.25) is 0 Å². The average molecular weight is 247 g/mol. The van der Waals surface area contributed by atoms with Crippen LogP contribution in [0.3, 0.4) is 0 Å². The molecule has 1 saturated carbocycles. The second-order valence-electron chi connectivity index (χ2n) is 6.09. The summed E-state index contributed by atoms with van der Waals surface area (Å²) < 4.78 is 0. The number of hydrogen-bond donors (Lipinski definition) is 1. The molecule has 3 rings (SSSR count). The van der Waals surface area contributed by atoms with Gasteiger partial charge in [0.15, 0.2) is 0 Å². The van der Waals surface area contributed by atoms with Crippen LogP contribution in [0.2, 0.25) is 0 Å². The zero-order valence-electron chi connectivity index (χ0n) is 11.1. The standard InChI is InChI=1S/C14H21N3O/c1-8-5-9(2)7-10(6-8)12-13(15)16-14(18)17(12)11-3-4-11/h5,8,10-12H,3-4,6-7H2,1-2H3,(H2,15,16,18). The minimum Gasteiger partial charge on any atom is -0.385 e. The van der Waals surface area contributed by atoms with Gasteiger partial charge in [0.2, 0.25) is 0 Å². The second-order valence-corrected chi connectivity index (χ2v) is 6.09. The third-order valence-electron chi connectivity index (χ3n) is 4.26. The van der Waals surface area contributed by atoms with Crippen molar-refractivity contribution < 1.29 is 4.79 Å². The molecular formula is C14H21N3O. The molecule has 1 fully saturated rings. The van der Waals surface area contributed by atoms with Crippen LogP contribution in [-0.2, 0) is 0 Å². The lowest BCUT2D eigenvalue weighted by molar-refractivity contribution is 0.177. The van der Waals surface area contributed by atoms with Crippen molar-refractivity contribution in [2.45, 2.75) is 51.6 Å². The zero-order valence-corrected chi connectivity index (χ0v) is 11.1. The van der Waals surface area contributed by atoms with E-state index in [0.29, 0.717) is 23.7 Å². The Bertz CT molecular complexity index is 436. The highest BCUT2D eigenvalue weighted by Gasteiger charge is 2.46. The molecule has 1 heterocycles. The zero-order chi connectivity index (χ0) is 12.9. The number of aliphatic imine (C=N–C) groups is 1. The minimum atomic E-state index is -0.111. The van der Waals surface area contributed by atoms with Crippen molar-refractivity contribution in [1.82, 2.24) is 4.90 Å². The summed E-state index contributed by atoms with van der Waals surface area (Å²) in [4.78, 5) is 17.9. The number of carbonyl (C=O) groups excluding carboxylic acids is 1. The van der Waals surface area contributed by atoms with Crippen LogP contribution in [0.5, 0.6) is 0 Å². The normalized spacial score (nSPS) is 36.7. The summed E-state index contributed by atoms with van der Waals surface area (Å²) >= 11 is 0. The molecular weight excluding hydrogens is 226 g/mol. The molecule has 18 heavy (non-hydrogen) atoms. The highest BCUT2D eigenvalue weighted by molar-refractivity contribution is 6.03. The van der Waals surface area contributed by atoms with Crippen LogP contribution in [-0.4, -0.2) is 28.9 Å². The Morgan fingerprint density at radius 1 is 1.44 bits per heavy atom. The van der Waals surface area contributed by atoms with Crippen LogP contribution >= 0.6 is 0 Å². The SMILES string of the molecule is CC1=CC(C)CC(C2C(N)=NC(=O)N2C2CC2)C1. The monoisotopic (exact) mass is 247 g/mol. The predicted octanol–water partition coefficient (Wildman–Crippen LogP) is 2.30. The Labute approximate surface area is 108 Å². The first-order valence-electron chi connectivity index (χ1n) is 6.90. The van der Waals surface area contributed by atoms with Crippen LogP contribution in [0.4, 0.5) is 4.79 Å². The van der Waals surface area contributed by atoms with Gasteiger partial charge >= 0.3 is 6.03 Å². The van der Waals surface area contributed by atoms with E-state index >= 15 is 0 Å². The molecule has 2 aliphatic carbocycles. The Morgan fingerprint density at radius 3 is 2.78 bits per heavy atom. The molecule has 0 aromatic heterocycles. The lowest BCUT2D eigenvalue weighted by atomic mass is 9.79. The quantitative estimate of drug-likeness (QED) is 0.761. The van der Waals surface area contributed by atoms with Gasteiger partial charge < -0.3 is 10.6 Å². The lowest BCUT2D eigenvalue weighted by Gasteiger charge is -2.35. The molecule has 0 saturated heterocycles. The van der Waals surface area contributed by atoms with Gasteiger partial charge in [-0.15, -0.1) is 0 Å². The van der Waals surface area contributed by atoms with E-state index in [1.807, 2.05) is 4.90 Å². The van der Waals surface area contributed by atoms with Crippen LogP contribution in [0.15, 0.2) is 16.6 Å². The van der Waals surface area contributed by atoms with Crippen LogP contribution in [0, 0.1) is 11.8 Å². The van der Waals surface area contributed by atoms with Crippen LogP contribution in [0.25, 0.3) is 0 Å². The summed E-state index contributed by atoms with van der Waals surface area (Å²) in [5, 5.41) is 0. The van der Waals surface area contributed by atoms with E-state index in [1.54, 1.807) is 0 Å². The number of rotatable bonds is 2. The van der Waals surface area contributed by atoms with Crippen molar-refractivity contribution in [3.8, 4) is 0 Å². The number of hydrogen-bond acceptors (Lipinski definition) is 2. The van der Waals surface area contributed by atoms with Gasteiger partial charge in [-0.2, -0.15) is 4.99 Å². The van der Waals surface area contributed by atoms with Gasteiger partial charge in [-0.05, 0) is 44.4 Å². The van der Waals surface area contributed by atoms with Crippen molar-refractivity contribution >= 4 is 11.9 Å². The van der Waals surface area contributed by atoms with E-state index in [4.69, 9.17) is 5.73 Å². The fourth-order valence-electron chi connectivity index (χ4n) is 3.54. The van der Waals surface area contributed by atoms with E-state index in [2.05, 4.69) is 24.9 Å². The van der Waals surface area contributed by atoms with Crippen molar-refractivity contribution in [3.05, 3.63) is 11.6 Å². The average Bonchev–Trinajstić information content (AvgIpc) is 3.03. The largest absolute Gasteiger partial charge is 0.385 e. The summed E-state index contributed by atoms with van der Waals surface area (Å²) in [5.41, 5.74) is 7.43. The molecule has 4 nitrogen and oxygen atoms in total. The molecule has 2 amide bonds. The molecule has 0 radical (unpaired) electrons. The smallest absolute Gasteiger partial charge is 0.346 e. The van der Waals surface area contributed by atoms with Crippen LogP contribution < -0.4 is 5.73 Å². The first kappa shape index (κ1) is 11.8. The summed E-state index contributed by atoms with van der Waals surface area (Å²) in [7, 11) is 0. The number of carbonyl (C=O) groups is 1. The first-order valence-corrected chi connectivity index (χ1v) is 6.90. The molecule has 3 aliphatic rings. The lowest BCUT2D eigenvalue weighted by Crippen LogP contribution is -2.47. The number of allylic oxidation sites excluding steroid dienone is 2. The fraction of sp³-hybridized carbons (Fsp3) is 0.714. The van der Waals surface area contributed by atoms with Gasteiger partial charge in [-0.1, -0.05) is 18.6 Å². The van der Waals surface area contributed by atoms with Gasteiger partial charge in [0.05, 0.1) is 6.04 Å². The van der Waals surface area contributed by atoms with Crippen LogP contribution in [0.1, 0.15) is 39.5 Å². The van der Waals surface area contributed by atoms with Gasteiger partial charge in [0.25, 0.3) is 0 Å². The molecule has 0 bridgehead atoms. The third kappa shape index (κ3) is 1.93. The molecule has 0 spiro atoms. The molecule has 98 valence electrons. The Balaban J connectivity index is 1.83.